The number of nitrogens with zero attached hydrogens (tertiary/aromatic N) is 1. The maximum atomic E-state index is 12.4. The van der Waals surface area contributed by atoms with Gasteiger partial charge < -0.3 is 16.0 Å². The Morgan fingerprint density at radius 3 is 2.67 bits per heavy atom. The Bertz CT molecular complexity index is 479. The topological polar surface area (TPSA) is 58.4 Å². The maximum Gasteiger partial charge on any atom is 0.253 e. The second-order valence-electron chi connectivity index (χ2n) is 5.86. The molecule has 1 aromatic carbocycles. The lowest BCUT2D eigenvalue weighted by molar-refractivity contribution is 0.0912. The van der Waals surface area contributed by atoms with Crippen LogP contribution in [0.5, 0.6) is 0 Å². The lowest BCUT2D eigenvalue weighted by Gasteiger charge is -2.32. The van der Waals surface area contributed by atoms with Gasteiger partial charge in [0.05, 0.1) is 5.56 Å². The van der Waals surface area contributed by atoms with Crippen molar-refractivity contribution in [2.24, 2.45) is 0 Å². The van der Waals surface area contributed by atoms with Crippen LogP contribution in [0.3, 0.4) is 0 Å². The number of likely N-dealkylation sites (tertiary alicyclic amines) is 1. The zero-order chi connectivity index (χ0) is 15.2. The van der Waals surface area contributed by atoms with E-state index in [0.29, 0.717) is 11.3 Å². The molecule has 3 N–H and O–H groups in total. The highest BCUT2D eigenvalue weighted by molar-refractivity contribution is 5.99. The van der Waals surface area contributed by atoms with Crippen molar-refractivity contribution in [3.05, 3.63) is 29.3 Å². The summed E-state index contributed by atoms with van der Waals surface area (Å²) in [6.45, 7) is 7.59. The highest BCUT2D eigenvalue weighted by Gasteiger charge is 2.21. The second-order valence-corrected chi connectivity index (χ2v) is 5.86. The SMILES string of the molecule is CCCN1CCC(NC(=O)c2cc(CC)ccc2N)CC1. The van der Waals surface area contributed by atoms with E-state index in [1.165, 1.54) is 6.42 Å². The molecule has 0 atom stereocenters. The fourth-order valence-corrected chi connectivity index (χ4v) is 2.90. The van der Waals surface area contributed by atoms with Gasteiger partial charge in [0.15, 0.2) is 0 Å². The molecule has 4 nitrogen and oxygen atoms in total. The van der Waals surface area contributed by atoms with Gasteiger partial charge in [0, 0.05) is 24.8 Å². The lowest BCUT2D eigenvalue weighted by atomic mass is 10.0. The number of amides is 1. The molecule has 4 heteroatoms. The Morgan fingerprint density at radius 1 is 1.33 bits per heavy atom. The zero-order valence-corrected chi connectivity index (χ0v) is 13.2. The molecule has 0 unspecified atom stereocenters. The Morgan fingerprint density at radius 2 is 2.05 bits per heavy atom. The van der Waals surface area contributed by atoms with Crippen LogP contribution in [0.4, 0.5) is 5.69 Å². The number of nitrogens with one attached hydrogen (secondary N) is 1. The van der Waals surface area contributed by atoms with Gasteiger partial charge in [0.25, 0.3) is 5.91 Å². The Labute approximate surface area is 127 Å². The van der Waals surface area contributed by atoms with E-state index >= 15 is 0 Å². The number of anilines is 1. The molecule has 0 bridgehead atoms. The molecule has 1 aliphatic rings. The van der Waals surface area contributed by atoms with Crippen molar-refractivity contribution in [2.45, 2.75) is 45.6 Å². The number of carbonyl (C=O) groups is 1. The number of piperidine rings is 1. The first-order valence-corrected chi connectivity index (χ1v) is 8.05. The van der Waals surface area contributed by atoms with Gasteiger partial charge in [-0.1, -0.05) is 19.9 Å². The van der Waals surface area contributed by atoms with E-state index in [0.717, 1.165) is 44.5 Å². The molecule has 0 aromatic heterocycles. The number of hydrogen-bond acceptors (Lipinski definition) is 3. The summed E-state index contributed by atoms with van der Waals surface area (Å²) in [5.74, 6) is -0.0308. The summed E-state index contributed by atoms with van der Waals surface area (Å²) in [5.41, 5.74) is 8.27. The molecule has 1 amide bonds. The minimum atomic E-state index is -0.0308. The molecule has 0 saturated carbocycles. The Kier molecular flexibility index (Phi) is 5.62. The number of nitrogens with two attached hydrogens (primary N) is 1. The lowest BCUT2D eigenvalue weighted by Crippen LogP contribution is -2.44. The van der Waals surface area contributed by atoms with Crippen LogP contribution in [0.1, 0.15) is 49.0 Å². The number of benzene rings is 1. The molecular formula is C17H27N3O. The van der Waals surface area contributed by atoms with E-state index in [4.69, 9.17) is 5.73 Å². The predicted molar refractivity (Wildman–Crippen MR) is 87.5 cm³/mol. The summed E-state index contributed by atoms with van der Waals surface area (Å²) in [6, 6.07) is 6.00. The molecule has 0 radical (unpaired) electrons. The van der Waals surface area contributed by atoms with Gasteiger partial charge in [-0.3, -0.25) is 4.79 Å². The van der Waals surface area contributed by atoms with Crippen molar-refractivity contribution in [2.75, 3.05) is 25.4 Å². The molecule has 1 fully saturated rings. The molecule has 2 rings (SSSR count). The molecule has 1 saturated heterocycles. The van der Waals surface area contributed by atoms with E-state index in [1.54, 1.807) is 0 Å². The third kappa shape index (κ3) is 4.21. The molecule has 0 aliphatic carbocycles. The van der Waals surface area contributed by atoms with Crippen molar-refractivity contribution in [3.63, 3.8) is 0 Å². The van der Waals surface area contributed by atoms with E-state index in [-0.39, 0.29) is 11.9 Å². The quantitative estimate of drug-likeness (QED) is 0.819. The van der Waals surface area contributed by atoms with E-state index in [9.17, 15) is 4.79 Å². The van der Waals surface area contributed by atoms with Gasteiger partial charge in [-0.05, 0) is 49.9 Å². The Hall–Kier alpha value is -1.55. The largest absolute Gasteiger partial charge is 0.398 e. The fourth-order valence-electron chi connectivity index (χ4n) is 2.90. The van der Waals surface area contributed by atoms with Gasteiger partial charge in [0.1, 0.15) is 0 Å². The molecule has 0 spiro atoms. The van der Waals surface area contributed by atoms with Gasteiger partial charge >= 0.3 is 0 Å². The van der Waals surface area contributed by atoms with Gasteiger partial charge in [-0.2, -0.15) is 0 Å². The first kappa shape index (κ1) is 15.8. The highest BCUT2D eigenvalue weighted by atomic mass is 16.1. The van der Waals surface area contributed by atoms with Crippen molar-refractivity contribution in [3.8, 4) is 0 Å². The average molecular weight is 289 g/mol. The average Bonchev–Trinajstić information content (AvgIpc) is 2.50. The van der Waals surface area contributed by atoms with Crippen LogP contribution in [-0.4, -0.2) is 36.5 Å². The van der Waals surface area contributed by atoms with Crippen molar-refractivity contribution in [1.82, 2.24) is 10.2 Å². The molecule has 1 aliphatic heterocycles. The van der Waals surface area contributed by atoms with Gasteiger partial charge in [-0.15, -0.1) is 0 Å². The number of nitrogen functional groups attached to an aromatic ring is 1. The smallest absolute Gasteiger partial charge is 0.253 e. The Balaban J connectivity index is 1.93. The minimum absolute atomic E-state index is 0.0308. The van der Waals surface area contributed by atoms with Crippen LogP contribution >= 0.6 is 0 Å². The predicted octanol–water partition coefficient (Wildman–Crippen LogP) is 2.44. The standard InChI is InChI=1S/C17H27N3O/c1-3-9-20-10-7-14(8-11-20)19-17(21)15-12-13(4-2)5-6-16(15)18/h5-6,12,14H,3-4,7-11,18H2,1-2H3,(H,19,21). The number of rotatable bonds is 5. The van der Waals surface area contributed by atoms with Crippen LogP contribution in [0.2, 0.25) is 0 Å². The van der Waals surface area contributed by atoms with Crippen molar-refractivity contribution in [1.29, 1.82) is 0 Å². The first-order chi connectivity index (χ1) is 10.1. The van der Waals surface area contributed by atoms with E-state index in [1.807, 2.05) is 18.2 Å². The van der Waals surface area contributed by atoms with Crippen molar-refractivity contribution >= 4 is 11.6 Å². The van der Waals surface area contributed by atoms with Crippen LogP contribution in [-0.2, 0) is 6.42 Å². The zero-order valence-electron chi connectivity index (χ0n) is 13.2. The van der Waals surface area contributed by atoms with Crippen LogP contribution in [0, 0.1) is 0 Å². The molecule has 21 heavy (non-hydrogen) atoms. The number of hydrogen-bond donors (Lipinski definition) is 2. The van der Waals surface area contributed by atoms with Crippen LogP contribution in [0.25, 0.3) is 0 Å². The van der Waals surface area contributed by atoms with Gasteiger partial charge in [0.2, 0.25) is 0 Å². The molecule has 1 heterocycles. The third-order valence-electron chi connectivity index (χ3n) is 4.23. The molecule has 116 valence electrons. The third-order valence-corrected chi connectivity index (χ3v) is 4.23. The van der Waals surface area contributed by atoms with E-state index < -0.39 is 0 Å². The van der Waals surface area contributed by atoms with E-state index in [2.05, 4.69) is 24.1 Å². The van der Waals surface area contributed by atoms with Gasteiger partial charge in [-0.25, -0.2) is 0 Å². The minimum Gasteiger partial charge on any atom is -0.398 e. The van der Waals surface area contributed by atoms with Crippen LogP contribution < -0.4 is 11.1 Å². The number of aryl methyl sites for hydroxylation is 1. The highest BCUT2D eigenvalue weighted by Crippen LogP contribution is 2.16. The first-order valence-electron chi connectivity index (χ1n) is 8.05. The monoisotopic (exact) mass is 289 g/mol. The summed E-state index contributed by atoms with van der Waals surface area (Å²) in [6.07, 6.45) is 4.16. The molecular weight excluding hydrogens is 262 g/mol. The summed E-state index contributed by atoms with van der Waals surface area (Å²) < 4.78 is 0. The summed E-state index contributed by atoms with van der Waals surface area (Å²) in [7, 11) is 0. The van der Waals surface area contributed by atoms with Crippen LogP contribution in [0.15, 0.2) is 18.2 Å². The normalized spacial score (nSPS) is 16.9. The van der Waals surface area contributed by atoms with Crippen molar-refractivity contribution < 1.29 is 4.79 Å². The second kappa shape index (κ2) is 7.46. The summed E-state index contributed by atoms with van der Waals surface area (Å²) >= 11 is 0. The fraction of sp³-hybridized carbons (Fsp3) is 0.588. The molecule has 1 aromatic rings. The maximum absolute atomic E-state index is 12.4. The summed E-state index contributed by atoms with van der Waals surface area (Å²) in [4.78, 5) is 14.9. The number of carbonyl (C=O) groups excluding carboxylic acids is 1. The summed E-state index contributed by atoms with van der Waals surface area (Å²) in [5, 5.41) is 3.14.